The van der Waals surface area contributed by atoms with E-state index in [1.807, 2.05) is 74.5 Å². The fourth-order valence-corrected chi connectivity index (χ4v) is 3.33. The third-order valence-electron chi connectivity index (χ3n) is 4.29. The molecule has 4 aromatic rings. The topological polar surface area (TPSA) is 47.8 Å². The standard InChI is InChI=1S/C21H16BrN3O/c1-13-11-14(2)25(24-13)21(26)18-12-20(15-7-9-16(22)10-8-15)23-19-6-4-3-5-17(18)19/h3-12H,1-2H3. The molecule has 0 spiro atoms. The number of benzene rings is 2. The van der Waals surface area contributed by atoms with Gasteiger partial charge in [0.2, 0.25) is 0 Å². The minimum atomic E-state index is -0.146. The lowest BCUT2D eigenvalue weighted by atomic mass is 10.0. The molecule has 0 atom stereocenters. The Kier molecular flexibility index (Phi) is 4.17. The Hall–Kier alpha value is -2.79. The number of aryl methyl sites for hydroxylation is 2. The van der Waals surface area contributed by atoms with Crippen molar-refractivity contribution in [1.29, 1.82) is 0 Å². The number of hydrogen-bond acceptors (Lipinski definition) is 3. The molecule has 2 aromatic carbocycles. The molecule has 2 aromatic heterocycles. The van der Waals surface area contributed by atoms with Gasteiger partial charge in [-0.1, -0.05) is 46.3 Å². The second-order valence-electron chi connectivity index (χ2n) is 6.22. The molecule has 0 aliphatic heterocycles. The van der Waals surface area contributed by atoms with Gasteiger partial charge in [0.1, 0.15) is 0 Å². The average Bonchev–Trinajstić information content (AvgIpc) is 2.99. The molecule has 0 saturated carbocycles. The monoisotopic (exact) mass is 405 g/mol. The van der Waals surface area contributed by atoms with Crippen LogP contribution in [0, 0.1) is 13.8 Å². The number of rotatable bonds is 2. The van der Waals surface area contributed by atoms with Crippen LogP contribution in [-0.2, 0) is 0 Å². The molecule has 0 fully saturated rings. The summed E-state index contributed by atoms with van der Waals surface area (Å²) in [6.07, 6.45) is 0. The van der Waals surface area contributed by atoms with Crippen molar-refractivity contribution in [3.05, 3.63) is 82.1 Å². The number of para-hydroxylation sites is 1. The molecule has 4 rings (SSSR count). The summed E-state index contributed by atoms with van der Waals surface area (Å²) < 4.78 is 2.46. The first kappa shape index (κ1) is 16.7. The first-order valence-corrected chi connectivity index (χ1v) is 9.06. The zero-order chi connectivity index (χ0) is 18.3. The normalized spacial score (nSPS) is 11.0. The van der Waals surface area contributed by atoms with E-state index < -0.39 is 0 Å². The molecule has 0 bridgehead atoms. The van der Waals surface area contributed by atoms with Crippen LogP contribution < -0.4 is 0 Å². The quantitative estimate of drug-likeness (QED) is 0.462. The van der Waals surface area contributed by atoms with Gasteiger partial charge in [-0.15, -0.1) is 0 Å². The zero-order valence-electron chi connectivity index (χ0n) is 14.4. The number of pyridine rings is 1. The summed E-state index contributed by atoms with van der Waals surface area (Å²) in [5, 5.41) is 5.17. The van der Waals surface area contributed by atoms with Crippen molar-refractivity contribution in [2.45, 2.75) is 13.8 Å². The maximum atomic E-state index is 13.2. The Morgan fingerprint density at radius 1 is 1.00 bits per heavy atom. The second kappa shape index (κ2) is 6.50. The lowest BCUT2D eigenvalue weighted by molar-refractivity contribution is 0.0944. The van der Waals surface area contributed by atoms with E-state index >= 15 is 0 Å². The van der Waals surface area contributed by atoms with E-state index in [1.54, 1.807) is 0 Å². The third kappa shape index (κ3) is 2.95. The molecule has 0 amide bonds. The van der Waals surface area contributed by atoms with Crippen molar-refractivity contribution >= 4 is 32.7 Å². The largest absolute Gasteiger partial charge is 0.279 e. The lowest BCUT2D eigenvalue weighted by Crippen LogP contribution is -2.16. The molecule has 0 unspecified atom stereocenters. The highest BCUT2D eigenvalue weighted by Gasteiger charge is 2.18. The van der Waals surface area contributed by atoms with Crippen molar-refractivity contribution in [3.63, 3.8) is 0 Å². The molecule has 4 nitrogen and oxygen atoms in total. The van der Waals surface area contributed by atoms with Crippen molar-refractivity contribution in [3.8, 4) is 11.3 Å². The van der Waals surface area contributed by atoms with Crippen LogP contribution in [0.1, 0.15) is 21.7 Å². The van der Waals surface area contributed by atoms with Gasteiger partial charge in [0.15, 0.2) is 0 Å². The van der Waals surface area contributed by atoms with E-state index in [1.165, 1.54) is 4.68 Å². The van der Waals surface area contributed by atoms with Gasteiger partial charge in [-0.2, -0.15) is 5.10 Å². The van der Waals surface area contributed by atoms with Crippen LogP contribution >= 0.6 is 15.9 Å². The minimum Gasteiger partial charge on any atom is -0.267 e. The molecule has 0 saturated heterocycles. The van der Waals surface area contributed by atoms with Gasteiger partial charge in [0.25, 0.3) is 5.91 Å². The average molecular weight is 406 g/mol. The molecule has 0 aliphatic rings. The number of hydrogen-bond donors (Lipinski definition) is 0. The van der Waals surface area contributed by atoms with E-state index in [0.717, 1.165) is 38.0 Å². The first-order valence-electron chi connectivity index (χ1n) is 8.26. The number of carbonyl (C=O) groups excluding carboxylic acids is 1. The van der Waals surface area contributed by atoms with Crippen molar-refractivity contribution in [1.82, 2.24) is 14.8 Å². The van der Waals surface area contributed by atoms with E-state index in [9.17, 15) is 4.79 Å². The van der Waals surface area contributed by atoms with Crippen LogP contribution in [0.4, 0.5) is 0 Å². The molecule has 0 radical (unpaired) electrons. The Morgan fingerprint density at radius 2 is 1.73 bits per heavy atom. The van der Waals surface area contributed by atoms with E-state index in [2.05, 4.69) is 21.0 Å². The van der Waals surface area contributed by atoms with Crippen molar-refractivity contribution in [2.75, 3.05) is 0 Å². The van der Waals surface area contributed by atoms with Gasteiger partial charge >= 0.3 is 0 Å². The van der Waals surface area contributed by atoms with Gasteiger partial charge in [-0.05, 0) is 44.2 Å². The summed E-state index contributed by atoms with van der Waals surface area (Å²) in [7, 11) is 0. The Bertz CT molecular complexity index is 1130. The van der Waals surface area contributed by atoms with E-state index in [4.69, 9.17) is 4.98 Å². The molecular formula is C21H16BrN3O. The van der Waals surface area contributed by atoms with Crippen molar-refractivity contribution in [2.24, 2.45) is 0 Å². The summed E-state index contributed by atoms with van der Waals surface area (Å²) in [6, 6.07) is 19.4. The number of carbonyl (C=O) groups is 1. The van der Waals surface area contributed by atoms with Crippen LogP contribution in [0.2, 0.25) is 0 Å². The number of nitrogens with zero attached hydrogens (tertiary/aromatic N) is 3. The smallest absolute Gasteiger partial charge is 0.267 e. The molecule has 26 heavy (non-hydrogen) atoms. The Labute approximate surface area is 159 Å². The third-order valence-corrected chi connectivity index (χ3v) is 4.82. The summed E-state index contributed by atoms with van der Waals surface area (Å²) in [4.78, 5) is 17.9. The fourth-order valence-electron chi connectivity index (χ4n) is 3.07. The highest BCUT2D eigenvalue weighted by Crippen LogP contribution is 2.26. The SMILES string of the molecule is Cc1cc(C)n(C(=O)c2cc(-c3ccc(Br)cc3)nc3ccccc23)n1. The highest BCUT2D eigenvalue weighted by atomic mass is 79.9. The lowest BCUT2D eigenvalue weighted by Gasteiger charge is -2.10. The fraction of sp³-hybridized carbons (Fsp3) is 0.0952. The maximum Gasteiger partial charge on any atom is 0.279 e. The highest BCUT2D eigenvalue weighted by molar-refractivity contribution is 9.10. The van der Waals surface area contributed by atoms with Gasteiger partial charge in [-0.25, -0.2) is 9.67 Å². The van der Waals surface area contributed by atoms with Crippen LogP contribution in [0.25, 0.3) is 22.2 Å². The molecule has 2 heterocycles. The summed E-state index contributed by atoms with van der Waals surface area (Å²) in [5.41, 5.74) is 4.75. The predicted molar refractivity (Wildman–Crippen MR) is 106 cm³/mol. The number of fused-ring (bicyclic) bond motifs is 1. The molecule has 5 heteroatoms. The summed E-state index contributed by atoms with van der Waals surface area (Å²) >= 11 is 3.45. The van der Waals surface area contributed by atoms with Crippen LogP contribution in [0.3, 0.4) is 0 Å². The zero-order valence-corrected chi connectivity index (χ0v) is 16.0. The van der Waals surface area contributed by atoms with Crippen LogP contribution in [-0.4, -0.2) is 20.7 Å². The summed E-state index contributed by atoms with van der Waals surface area (Å²) in [5.74, 6) is -0.146. The summed E-state index contributed by atoms with van der Waals surface area (Å²) in [6.45, 7) is 3.77. The van der Waals surface area contributed by atoms with Crippen LogP contribution in [0.15, 0.2) is 65.1 Å². The van der Waals surface area contributed by atoms with Gasteiger partial charge in [0, 0.05) is 21.1 Å². The van der Waals surface area contributed by atoms with Gasteiger partial charge < -0.3 is 0 Å². The first-order chi connectivity index (χ1) is 12.5. The van der Waals surface area contributed by atoms with Crippen molar-refractivity contribution < 1.29 is 4.79 Å². The number of aromatic nitrogens is 3. The Balaban J connectivity index is 1.94. The van der Waals surface area contributed by atoms with Gasteiger partial charge in [0.05, 0.1) is 22.5 Å². The maximum absolute atomic E-state index is 13.2. The molecule has 0 aliphatic carbocycles. The van der Waals surface area contributed by atoms with E-state index in [-0.39, 0.29) is 5.91 Å². The molecule has 128 valence electrons. The molecular weight excluding hydrogens is 390 g/mol. The van der Waals surface area contributed by atoms with E-state index in [0.29, 0.717) is 5.56 Å². The minimum absolute atomic E-state index is 0.146. The Morgan fingerprint density at radius 3 is 2.42 bits per heavy atom. The second-order valence-corrected chi connectivity index (χ2v) is 7.14. The van der Waals surface area contributed by atoms with Crippen LogP contribution in [0.5, 0.6) is 0 Å². The molecule has 0 N–H and O–H groups in total. The number of halogens is 1. The van der Waals surface area contributed by atoms with Gasteiger partial charge in [-0.3, -0.25) is 4.79 Å². The predicted octanol–water partition coefficient (Wildman–Crippen LogP) is 5.17.